The monoisotopic (exact) mass is 419 g/mol. The van der Waals surface area contributed by atoms with Gasteiger partial charge in [0.05, 0.1) is 31.2 Å². The Morgan fingerprint density at radius 3 is 2.29 bits per heavy atom. The van der Waals surface area contributed by atoms with Crippen molar-refractivity contribution in [1.29, 1.82) is 0 Å². The topological polar surface area (TPSA) is 76.1 Å². The first kappa shape index (κ1) is 20.7. The third-order valence-electron chi connectivity index (χ3n) is 6.51. The molecule has 0 bridgehead atoms. The van der Waals surface area contributed by atoms with Crippen LogP contribution < -0.4 is 14.4 Å². The fourth-order valence-electron chi connectivity index (χ4n) is 4.93. The van der Waals surface area contributed by atoms with Gasteiger partial charge in [0.2, 0.25) is 17.6 Å². The van der Waals surface area contributed by atoms with Crippen molar-refractivity contribution in [2.24, 2.45) is 11.3 Å². The number of hydrogen-bond acceptors (Lipinski definition) is 5. The highest BCUT2D eigenvalue weighted by Crippen LogP contribution is 2.57. The van der Waals surface area contributed by atoms with Crippen molar-refractivity contribution in [1.82, 2.24) is 0 Å². The van der Waals surface area contributed by atoms with Crippen LogP contribution >= 0.6 is 0 Å². The van der Waals surface area contributed by atoms with Crippen molar-refractivity contribution >= 4 is 17.5 Å². The molecule has 0 spiro atoms. The number of carbonyl (C=O) groups excluding carboxylic acids is 2. The van der Waals surface area contributed by atoms with Gasteiger partial charge in [0.25, 0.3) is 0 Å². The second kappa shape index (κ2) is 7.61. The molecule has 2 aromatic carbocycles. The maximum absolute atomic E-state index is 13.8. The SMILES string of the molecule is C=CC1=CC[C@H]2C(=O)N(c3ccccc3)C(=O)[C@@]2(C)[C@H]1c1cc(OC)c(O)c(OC)c1. The van der Waals surface area contributed by atoms with Gasteiger partial charge in [-0.15, -0.1) is 0 Å². The first-order valence-electron chi connectivity index (χ1n) is 10.1. The Morgan fingerprint density at radius 1 is 1.13 bits per heavy atom. The maximum Gasteiger partial charge on any atom is 0.241 e. The van der Waals surface area contributed by atoms with Crippen molar-refractivity contribution in [3.8, 4) is 17.2 Å². The number of phenolic OH excluding ortho intramolecular Hbond substituents is 1. The van der Waals surface area contributed by atoms with E-state index < -0.39 is 17.3 Å². The van der Waals surface area contributed by atoms with E-state index >= 15 is 0 Å². The van der Waals surface area contributed by atoms with Gasteiger partial charge >= 0.3 is 0 Å². The fourth-order valence-corrected chi connectivity index (χ4v) is 4.93. The quantitative estimate of drug-likeness (QED) is 0.735. The molecule has 3 atom stereocenters. The van der Waals surface area contributed by atoms with Gasteiger partial charge in [-0.1, -0.05) is 36.9 Å². The van der Waals surface area contributed by atoms with Crippen LogP contribution in [0.1, 0.15) is 24.8 Å². The number of methoxy groups -OCH3 is 2. The average molecular weight is 419 g/mol. The lowest BCUT2D eigenvalue weighted by atomic mass is 9.60. The average Bonchev–Trinajstić information content (AvgIpc) is 2.99. The summed E-state index contributed by atoms with van der Waals surface area (Å²) in [5.41, 5.74) is 1.09. The summed E-state index contributed by atoms with van der Waals surface area (Å²) in [6.45, 7) is 5.78. The zero-order valence-electron chi connectivity index (χ0n) is 17.8. The molecule has 6 nitrogen and oxygen atoms in total. The third kappa shape index (κ3) is 2.93. The highest BCUT2D eigenvalue weighted by molar-refractivity contribution is 6.24. The summed E-state index contributed by atoms with van der Waals surface area (Å²) in [6.07, 6.45) is 4.14. The van der Waals surface area contributed by atoms with Gasteiger partial charge in [-0.05, 0) is 48.7 Å². The van der Waals surface area contributed by atoms with E-state index in [2.05, 4.69) is 6.58 Å². The number of allylic oxidation sites excluding steroid dienone is 3. The Hall–Kier alpha value is -3.54. The first-order chi connectivity index (χ1) is 14.9. The van der Waals surface area contributed by atoms with E-state index in [-0.39, 0.29) is 29.1 Å². The minimum absolute atomic E-state index is 0.116. The van der Waals surface area contributed by atoms with Crippen LogP contribution in [0, 0.1) is 11.3 Å². The van der Waals surface area contributed by atoms with Crippen LogP contribution in [-0.4, -0.2) is 31.1 Å². The molecule has 0 radical (unpaired) electrons. The molecule has 2 aromatic rings. The summed E-state index contributed by atoms with van der Waals surface area (Å²) in [7, 11) is 2.91. The number of hydrogen-bond donors (Lipinski definition) is 1. The minimum atomic E-state index is -1.03. The number of ether oxygens (including phenoxy) is 2. The van der Waals surface area contributed by atoms with Crippen molar-refractivity contribution in [3.05, 3.63) is 72.3 Å². The molecule has 31 heavy (non-hydrogen) atoms. The van der Waals surface area contributed by atoms with E-state index in [0.717, 1.165) is 5.57 Å². The molecule has 2 amide bonds. The fraction of sp³-hybridized carbons (Fsp3) is 0.280. The molecule has 1 N–H and O–H groups in total. The number of anilines is 1. The van der Waals surface area contributed by atoms with E-state index in [1.54, 1.807) is 42.5 Å². The summed E-state index contributed by atoms with van der Waals surface area (Å²) in [6, 6.07) is 12.4. The van der Waals surface area contributed by atoms with Crippen LogP contribution in [0.2, 0.25) is 0 Å². The van der Waals surface area contributed by atoms with E-state index in [1.807, 2.05) is 19.1 Å². The molecule has 4 rings (SSSR count). The largest absolute Gasteiger partial charge is 0.502 e. The van der Waals surface area contributed by atoms with Gasteiger partial charge in [-0.2, -0.15) is 0 Å². The number of fused-ring (bicyclic) bond motifs is 1. The number of phenols is 1. The number of aromatic hydroxyl groups is 1. The van der Waals surface area contributed by atoms with Gasteiger partial charge in [-0.3, -0.25) is 9.59 Å². The molecule has 1 saturated heterocycles. The van der Waals surface area contributed by atoms with E-state index in [0.29, 0.717) is 17.7 Å². The van der Waals surface area contributed by atoms with E-state index in [9.17, 15) is 14.7 Å². The molecular weight excluding hydrogens is 394 g/mol. The molecule has 0 saturated carbocycles. The molecule has 1 aliphatic carbocycles. The highest BCUT2D eigenvalue weighted by atomic mass is 16.5. The van der Waals surface area contributed by atoms with Gasteiger partial charge in [-0.25, -0.2) is 4.90 Å². The minimum Gasteiger partial charge on any atom is -0.502 e. The number of rotatable bonds is 5. The summed E-state index contributed by atoms with van der Waals surface area (Å²) >= 11 is 0. The van der Waals surface area contributed by atoms with Crippen molar-refractivity contribution in [2.45, 2.75) is 19.3 Å². The van der Waals surface area contributed by atoms with Crippen LogP contribution in [0.5, 0.6) is 17.2 Å². The summed E-state index contributed by atoms with van der Waals surface area (Å²) < 4.78 is 10.7. The maximum atomic E-state index is 13.8. The van der Waals surface area contributed by atoms with Crippen LogP contribution in [0.3, 0.4) is 0 Å². The molecule has 1 fully saturated rings. The first-order valence-corrected chi connectivity index (χ1v) is 10.1. The number of imide groups is 1. The van der Waals surface area contributed by atoms with Gasteiger partial charge in [0, 0.05) is 5.92 Å². The predicted octanol–water partition coefficient (Wildman–Crippen LogP) is 4.21. The molecule has 1 heterocycles. The highest BCUT2D eigenvalue weighted by Gasteiger charge is 2.62. The lowest BCUT2D eigenvalue weighted by molar-refractivity contribution is -0.127. The Bertz CT molecular complexity index is 1070. The number of carbonyl (C=O) groups is 2. The number of amides is 2. The lowest BCUT2D eigenvalue weighted by Crippen LogP contribution is -2.41. The summed E-state index contributed by atoms with van der Waals surface area (Å²) in [5.74, 6) is -1.08. The molecule has 2 aliphatic rings. The predicted molar refractivity (Wildman–Crippen MR) is 117 cm³/mol. The molecule has 1 aliphatic heterocycles. The van der Waals surface area contributed by atoms with Crippen LogP contribution in [-0.2, 0) is 9.59 Å². The standard InChI is InChI=1S/C25H25NO5/c1-5-15-11-12-18-23(28)26(17-9-7-6-8-10-17)24(29)25(18,2)21(15)16-13-19(30-3)22(27)20(14-16)31-4/h5-11,13-14,18,21,27H,1,12H2,2-4H3/t18-,21+,25+/m0/s1. The van der Waals surface area contributed by atoms with Crippen molar-refractivity contribution in [2.75, 3.05) is 19.1 Å². The Labute approximate surface area is 181 Å². The smallest absolute Gasteiger partial charge is 0.241 e. The Kier molecular flexibility index (Phi) is 5.09. The number of nitrogens with zero attached hydrogens (tertiary/aromatic N) is 1. The molecular formula is C25H25NO5. The van der Waals surface area contributed by atoms with Gasteiger partial charge < -0.3 is 14.6 Å². The molecule has 160 valence electrons. The van der Waals surface area contributed by atoms with Crippen LogP contribution in [0.4, 0.5) is 5.69 Å². The zero-order valence-corrected chi connectivity index (χ0v) is 17.8. The third-order valence-corrected chi connectivity index (χ3v) is 6.51. The van der Waals surface area contributed by atoms with Gasteiger partial charge in [0.15, 0.2) is 11.5 Å². The van der Waals surface area contributed by atoms with Gasteiger partial charge in [0.1, 0.15) is 0 Å². The zero-order chi connectivity index (χ0) is 22.3. The molecule has 0 unspecified atom stereocenters. The van der Waals surface area contributed by atoms with Crippen molar-refractivity contribution < 1.29 is 24.2 Å². The normalized spacial score (nSPS) is 25.1. The van der Waals surface area contributed by atoms with E-state index in [1.165, 1.54) is 19.1 Å². The molecule has 0 aromatic heterocycles. The number of benzene rings is 2. The summed E-state index contributed by atoms with van der Waals surface area (Å²) in [5, 5.41) is 10.4. The Balaban J connectivity index is 1.91. The van der Waals surface area contributed by atoms with Crippen LogP contribution in [0.25, 0.3) is 0 Å². The number of para-hydroxylation sites is 1. The second-order valence-corrected chi connectivity index (χ2v) is 8.00. The molecule has 6 heteroatoms. The lowest BCUT2D eigenvalue weighted by Gasteiger charge is -2.40. The second-order valence-electron chi connectivity index (χ2n) is 8.00. The van der Waals surface area contributed by atoms with Crippen LogP contribution in [0.15, 0.2) is 66.8 Å². The summed E-state index contributed by atoms with van der Waals surface area (Å²) in [4.78, 5) is 28.5. The van der Waals surface area contributed by atoms with Crippen molar-refractivity contribution in [3.63, 3.8) is 0 Å². The van der Waals surface area contributed by atoms with E-state index in [4.69, 9.17) is 9.47 Å². The Morgan fingerprint density at radius 2 is 1.74 bits per heavy atom.